The predicted octanol–water partition coefficient (Wildman–Crippen LogP) is 1.15. The first-order chi connectivity index (χ1) is 8.29. The van der Waals surface area contributed by atoms with E-state index < -0.39 is 5.97 Å². The van der Waals surface area contributed by atoms with Crippen LogP contribution in [-0.4, -0.2) is 30.1 Å². The number of aromatic nitrogens is 2. The van der Waals surface area contributed by atoms with E-state index in [4.69, 9.17) is 9.47 Å². The Morgan fingerprint density at radius 2 is 2.12 bits per heavy atom. The Bertz CT molecular complexity index is 612. The molecule has 0 aliphatic carbocycles. The van der Waals surface area contributed by atoms with Crippen LogP contribution in [0.25, 0.3) is 10.8 Å². The van der Waals surface area contributed by atoms with Crippen LogP contribution in [0.3, 0.4) is 0 Å². The fraction of sp³-hybridized carbons (Fsp3) is 0.182. The van der Waals surface area contributed by atoms with Crippen LogP contribution in [0.1, 0.15) is 10.5 Å². The molecule has 6 heteroatoms. The summed E-state index contributed by atoms with van der Waals surface area (Å²) in [4.78, 5) is 11.5. The molecule has 1 aliphatic rings. The summed E-state index contributed by atoms with van der Waals surface area (Å²) in [6.45, 7) is 0.181. The molecule has 0 fully saturated rings. The molecule has 2 heterocycles. The van der Waals surface area contributed by atoms with Gasteiger partial charge in [0.1, 0.15) is 0 Å². The highest BCUT2D eigenvalue weighted by molar-refractivity contribution is 6.03. The highest BCUT2D eigenvalue weighted by Crippen LogP contribution is 2.36. The molecule has 0 unspecified atom stereocenters. The zero-order chi connectivity index (χ0) is 11.8. The molecule has 0 bridgehead atoms. The van der Waals surface area contributed by atoms with Gasteiger partial charge < -0.3 is 14.2 Å². The lowest BCUT2D eigenvalue weighted by molar-refractivity contribution is 0.0595. The monoisotopic (exact) mass is 232 g/mol. The fourth-order valence-electron chi connectivity index (χ4n) is 1.72. The largest absolute Gasteiger partial charge is 0.464 e. The summed E-state index contributed by atoms with van der Waals surface area (Å²) in [5, 5.41) is 8.93. The SMILES string of the molecule is COC(=O)c1nncc2cc3c(cc12)OCO3. The summed E-state index contributed by atoms with van der Waals surface area (Å²) in [5.41, 5.74) is 0.170. The molecular weight excluding hydrogens is 224 g/mol. The van der Waals surface area contributed by atoms with Crippen LogP contribution in [0, 0.1) is 0 Å². The van der Waals surface area contributed by atoms with Crippen LogP contribution in [0.2, 0.25) is 0 Å². The molecule has 0 atom stereocenters. The lowest BCUT2D eigenvalue weighted by Crippen LogP contribution is -2.06. The first-order valence-corrected chi connectivity index (χ1v) is 4.93. The molecule has 1 aromatic carbocycles. The van der Waals surface area contributed by atoms with Gasteiger partial charge >= 0.3 is 5.97 Å². The highest BCUT2D eigenvalue weighted by atomic mass is 16.7. The Kier molecular flexibility index (Phi) is 2.07. The van der Waals surface area contributed by atoms with E-state index in [-0.39, 0.29) is 12.5 Å². The van der Waals surface area contributed by atoms with E-state index in [9.17, 15) is 4.79 Å². The summed E-state index contributed by atoms with van der Waals surface area (Å²) < 4.78 is 15.1. The van der Waals surface area contributed by atoms with Gasteiger partial charge in [0, 0.05) is 10.8 Å². The molecule has 2 aromatic rings. The number of carbonyl (C=O) groups is 1. The molecule has 6 nitrogen and oxygen atoms in total. The number of rotatable bonds is 1. The van der Waals surface area contributed by atoms with E-state index in [1.165, 1.54) is 7.11 Å². The van der Waals surface area contributed by atoms with E-state index in [1.807, 2.05) is 0 Å². The molecular formula is C11H8N2O4. The third kappa shape index (κ3) is 1.45. The second-order valence-corrected chi connectivity index (χ2v) is 3.48. The van der Waals surface area contributed by atoms with Crippen molar-refractivity contribution < 1.29 is 19.0 Å². The van der Waals surface area contributed by atoms with Crippen molar-refractivity contribution in [3.05, 3.63) is 24.0 Å². The van der Waals surface area contributed by atoms with Crippen molar-refractivity contribution in [3.63, 3.8) is 0 Å². The van der Waals surface area contributed by atoms with Gasteiger partial charge in [-0.2, -0.15) is 5.10 Å². The third-order valence-electron chi connectivity index (χ3n) is 2.53. The molecule has 0 saturated heterocycles. The van der Waals surface area contributed by atoms with Crippen molar-refractivity contribution in [2.24, 2.45) is 0 Å². The van der Waals surface area contributed by atoms with Crippen molar-refractivity contribution in [1.82, 2.24) is 10.2 Å². The third-order valence-corrected chi connectivity index (χ3v) is 2.53. The van der Waals surface area contributed by atoms with Crippen LogP contribution >= 0.6 is 0 Å². The second kappa shape index (κ2) is 3.58. The average molecular weight is 232 g/mol. The Labute approximate surface area is 96.1 Å². The topological polar surface area (TPSA) is 70.5 Å². The molecule has 1 aromatic heterocycles. The standard InChI is InChI=1S/C11H8N2O4/c1-15-11(14)10-7-3-9-8(16-5-17-9)2-6(7)4-12-13-10/h2-4H,5H2,1H3. The number of benzene rings is 1. The fourth-order valence-corrected chi connectivity index (χ4v) is 1.72. The van der Waals surface area contributed by atoms with Gasteiger partial charge in [0.2, 0.25) is 6.79 Å². The zero-order valence-electron chi connectivity index (χ0n) is 8.97. The summed E-state index contributed by atoms with van der Waals surface area (Å²) in [7, 11) is 1.30. The van der Waals surface area contributed by atoms with Gasteiger partial charge in [-0.25, -0.2) is 4.79 Å². The molecule has 3 rings (SSSR count). The number of esters is 1. The van der Waals surface area contributed by atoms with Crippen LogP contribution in [0.4, 0.5) is 0 Å². The minimum Gasteiger partial charge on any atom is -0.464 e. The average Bonchev–Trinajstić information content (AvgIpc) is 2.81. The Hall–Kier alpha value is -2.37. The van der Waals surface area contributed by atoms with Gasteiger partial charge in [-0.3, -0.25) is 0 Å². The summed E-state index contributed by atoms with van der Waals surface area (Å²) in [6.07, 6.45) is 1.56. The Balaban J connectivity index is 2.28. The minimum absolute atomic E-state index is 0.170. The van der Waals surface area contributed by atoms with Crippen molar-refractivity contribution in [2.45, 2.75) is 0 Å². The number of hydrogen-bond acceptors (Lipinski definition) is 6. The molecule has 17 heavy (non-hydrogen) atoms. The van der Waals surface area contributed by atoms with Crippen molar-refractivity contribution >= 4 is 16.7 Å². The van der Waals surface area contributed by atoms with Crippen molar-refractivity contribution in [3.8, 4) is 11.5 Å². The second-order valence-electron chi connectivity index (χ2n) is 3.48. The summed E-state index contributed by atoms with van der Waals surface area (Å²) in [5.74, 6) is 0.707. The molecule has 0 amide bonds. The Morgan fingerprint density at radius 3 is 2.88 bits per heavy atom. The molecule has 1 aliphatic heterocycles. The van der Waals surface area contributed by atoms with Crippen LogP contribution in [0.15, 0.2) is 18.3 Å². The number of hydrogen-bond donors (Lipinski definition) is 0. The van der Waals surface area contributed by atoms with Gasteiger partial charge in [-0.05, 0) is 12.1 Å². The van der Waals surface area contributed by atoms with Gasteiger partial charge in [0.05, 0.1) is 13.3 Å². The van der Waals surface area contributed by atoms with E-state index >= 15 is 0 Å². The van der Waals surface area contributed by atoms with Crippen molar-refractivity contribution in [2.75, 3.05) is 13.9 Å². The number of fused-ring (bicyclic) bond motifs is 2. The van der Waals surface area contributed by atoms with E-state index in [1.54, 1.807) is 18.3 Å². The normalized spacial score (nSPS) is 12.8. The van der Waals surface area contributed by atoms with Gasteiger partial charge in [0.25, 0.3) is 0 Å². The quantitative estimate of drug-likeness (QED) is 0.687. The molecule has 0 saturated carbocycles. The number of ether oxygens (including phenoxy) is 3. The predicted molar refractivity (Wildman–Crippen MR) is 57.0 cm³/mol. The van der Waals surface area contributed by atoms with Crippen LogP contribution < -0.4 is 9.47 Å². The molecule has 86 valence electrons. The maximum Gasteiger partial charge on any atom is 0.359 e. The smallest absolute Gasteiger partial charge is 0.359 e. The van der Waals surface area contributed by atoms with E-state index in [0.717, 1.165) is 5.39 Å². The first-order valence-electron chi connectivity index (χ1n) is 4.93. The van der Waals surface area contributed by atoms with Crippen molar-refractivity contribution in [1.29, 1.82) is 0 Å². The lowest BCUT2D eigenvalue weighted by atomic mass is 10.1. The van der Waals surface area contributed by atoms with Gasteiger partial charge in [-0.1, -0.05) is 0 Å². The highest BCUT2D eigenvalue weighted by Gasteiger charge is 2.19. The maximum atomic E-state index is 11.5. The zero-order valence-corrected chi connectivity index (χ0v) is 8.97. The van der Waals surface area contributed by atoms with Gasteiger partial charge in [0.15, 0.2) is 17.2 Å². The number of methoxy groups -OCH3 is 1. The Morgan fingerprint density at radius 1 is 1.35 bits per heavy atom. The number of carbonyl (C=O) groups excluding carboxylic acids is 1. The van der Waals surface area contributed by atoms with E-state index in [2.05, 4.69) is 14.9 Å². The molecule has 0 radical (unpaired) electrons. The van der Waals surface area contributed by atoms with Crippen LogP contribution in [0.5, 0.6) is 11.5 Å². The first kappa shape index (κ1) is 9.83. The minimum atomic E-state index is -0.526. The summed E-state index contributed by atoms with van der Waals surface area (Å²) in [6, 6.07) is 3.47. The van der Waals surface area contributed by atoms with Gasteiger partial charge in [-0.15, -0.1) is 5.10 Å². The molecule has 0 N–H and O–H groups in total. The summed E-state index contributed by atoms with van der Waals surface area (Å²) >= 11 is 0. The lowest BCUT2D eigenvalue weighted by Gasteiger charge is -2.04. The van der Waals surface area contributed by atoms with E-state index in [0.29, 0.717) is 16.9 Å². The molecule has 0 spiro atoms. The van der Waals surface area contributed by atoms with Crippen LogP contribution in [-0.2, 0) is 4.74 Å². The number of nitrogens with zero attached hydrogens (tertiary/aromatic N) is 2. The maximum absolute atomic E-state index is 11.5.